The molecule has 0 unspecified atom stereocenters. The number of hydrogen-bond donors (Lipinski definition) is 2. The van der Waals surface area contributed by atoms with Gasteiger partial charge in [0.2, 0.25) is 5.95 Å². The Morgan fingerprint density at radius 1 is 1.36 bits per heavy atom. The van der Waals surface area contributed by atoms with Crippen LogP contribution < -0.4 is 10.9 Å². The third-order valence-corrected chi connectivity index (χ3v) is 4.84. The molecule has 2 atom stereocenters. The molecule has 0 bridgehead atoms. The second-order valence-corrected chi connectivity index (χ2v) is 6.53. The Balaban J connectivity index is 1.64. The number of nitriles is 1. The lowest BCUT2D eigenvalue weighted by atomic mass is 10.1. The zero-order valence-electron chi connectivity index (χ0n) is 13.2. The van der Waals surface area contributed by atoms with Crippen LogP contribution in [0.25, 0.3) is 17.0 Å². The highest BCUT2D eigenvalue weighted by Gasteiger charge is 2.25. The molecular formula is C17H15ClN6O. The lowest BCUT2D eigenvalue weighted by Crippen LogP contribution is -2.25. The van der Waals surface area contributed by atoms with Crippen LogP contribution in [0.5, 0.6) is 0 Å². The van der Waals surface area contributed by atoms with Gasteiger partial charge >= 0.3 is 0 Å². The molecule has 4 rings (SSSR count). The molecule has 8 heteroatoms. The number of nitrogens with zero attached hydrogens (tertiary/aromatic N) is 4. The number of aromatic amines is 1. The van der Waals surface area contributed by atoms with E-state index in [4.69, 9.17) is 16.9 Å². The molecule has 126 valence electrons. The SMILES string of the molecule is N#C[C@H]1CC[C@@H](Nc2cnn(-c3nc4ccccc4[nH]3)c(=O)c2Cl)C1. The minimum atomic E-state index is -0.444. The van der Waals surface area contributed by atoms with Crippen molar-refractivity contribution in [1.29, 1.82) is 5.26 Å². The summed E-state index contributed by atoms with van der Waals surface area (Å²) in [6, 6.07) is 9.90. The standard InChI is InChI=1S/C17H15ClN6O/c18-15-14(21-11-6-5-10(7-11)8-19)9-20-24(16(15)25)17-22-12-3-1-2-4-13(12)23-17/h1-4,9-11,21H,5-7H2,(H,22,23)/t10-,11+/m0/s1. The van der Waals surface area contributed by atoms with Crippen molar-refractivity contribution in [2.24, 2.45) is 5.92 Å². The van der Waals surface area contributed by atoms with Crippen LogP contribution >= 0.6 is 11.6 Å². The first-order valence-electron chi connectivity index (χ1n) is 8.05. The van der Waals surface area contributed by atoms with Crippen LogP contribution in [0.3, 0.4) is 0 Å². The number of imidazole rings is 1. The molecule has 2 heterocycles. The van der Waals surface area contributed by atoms with E-state index in [9.17, 15) is 4.79 Å². The van der Waals surface area contributed by atoms with Crippen molar-refractivity contribution < 1.29 is 0 Å². The number of aromatic nitrogens is 4. The van der Waals surface area contributed by atoms with Gasteiger partial charge in [0, 0.05) is 12.0 Å². The Morgan fingerprint density at radius 3 is 2.96 bits per heavy atom. The molecule has 1 aliphatic rings. The third kappa shape index (κ3) is 2.85. The van der Waals surface area contributed by atoms with Gasteiger partial charge in [0.25, 0.3) is 5.56 Å². The number of halogens is 1. The van der Waals surface area contributed by atoms with E-state index in [2.05, 4.69) is 26.5 Å². The average Bonchev–Trinajstić information content (AvgIpc) is 3.25. The molecule has 3 aromatic rings. The van der Waals surface area contributed by atoms with E-state index in [1.165, 1.54) is 6.20 Å². The fourth-order valence-corrected chi connectivity index (χ4v) is 3.36. The molecule has 1 saturated carbocycles. The maximum Gasteiger partial charge on any atom is 0.295 e. The van der Waals surface area contributed by atoms with E-state index < -0.39 is 5.56 Å². The Kier molecular flexibility index (Phi) is 3.90. The molecule has 0 radical (unpaired) electrons. The summed E-state index contributed by atoms with van der Waals surface area (Å²) in [5.41, 5.74) is 1.61. The van der Waals surface area contributed by atoms with Crippen LogP contribution in [-0.2, 0) is 0 Å². The number of benzene rings is 1. The number of para-hydroxylation sites is 2. The van der Waals surface area contributed by atoms with Gasteiger partial charge in [-0.3, -0.25) is 4.79 Å². The van der Waals surface area contributed by atoms with Gasteiger partial charge in [0.05, 0.1) is 29.0 Å². The van der Waals surface area contributed by atoms with Crippen molar-refractivity contribution in [2.75, 3.05) is 5.32 Å². The summed E-state index contributed by atoms with van der Waals surface area (Å²) in [6.07, 6.45) is 4.01. The number of anilines is 1. The molecule has 2 aromatic heterocycles. The summed E-state index contributed by atoms with van der Waals surface area (Å²) in [5, 5.41) is 16.5. The quantitative estimate of drug-likeness (QED) is 0.753. The monoisotopic (exact) mass is 354 g/mol. The van der Waals surface area contributed by atoms with Crippen LogP contribution in [0.4, 0.5) is 5.69 Å². The molecule has 1 aliphatic carbocycles. The smallest absolute Gasteiger partial charge is 0.295 e. The Hall–Kier alpha value is -2.85. The van der Waals surface area contributed by atoms with E-state index >= 15 is 0 Å². The van der Waals surface area contributed by atoms with Gasteiger partial charge in [-0.05, 0) is 31.4 Å². The largest absolute Gasteiger partial charge is 0.380 e. The van der Waals surface area contributed by atoms with Gasteiger partial charge in [0.1, 0.15) is 5.02 Å². The lowest BCUT2D eigenvalue weighted by Gasteiger charge is -2.14. The van der Waals surface area contributed by atoms with E-state index in [1.807, 2.05) is 24.3 Å². The maximum atomic E-state index is 12.6. The summed E-state index contributed by atoms with van der Waals surface area (Å²) < 4.78 is 1.15. The van der Waals surface area contributed by atoms with Crippen molar-refractivity contribution >= 4 is 28.3 Å². The van der Waals surface area contributed by atoms with Crippen molar-refractivity contribution in [3.8, 4) is 12.0 Å². The number of H-pyrrole nitrogens is 1. The third-order valence-electron chi connectivity index (χ3n) is 4.47. The minimum Gasteiger partial charge on any atom is -0.380 e. The average molecular weight is 355 g/mol. The summed E-state index contributed by atoms with van der Waals surface area (Å²) in [7, 11) is 0. The molecule has 25 heavy (non-hydrogen) atoms. The van der Waals surface area contributed by atoms with Crippen LogP contribution in [0.15, 0.2) is 35.3 Å². The molecule has 1 aromatic carbocycles. The van der Waals surface area contributed by atoms with Crippen LogP contribution in [0.1, 0.15) is 19.3 Å². The molecule has 1 fully saturated rings. The molecule has 0 saturated heterocycles. The molecule has 0 amide bonds. The van der Waals surface area contributed by atoms with Gasteiger partial charge in [-0.15, -0.1) is 0 Å². The van der Waals surface area contributed by atoms with Gasteiger partial charge < -0.3 is 10.3 Å². The number of rotatable bonds is 3. The number of fused-ring (bicyclic) bond motifs is 1. The summed E-state index contributed by atoms with van der Waals surface area (Å²) in [6.45, 7) is 0. The number of hydrogen-bond acceptors (Lipinski definition) is 5. The Bertz CT molecular complexity index is 1000. The molecule has 2 N–H and O–H groups in total. The van der Waals surface area contributed by atoms with E-state index in [0.717, 1.165) is 35.0 Å². The van der Waals surface area contributed by atoms with Crippen molar-refractivity contribution in [3.63, 3.8) is 0 Å². The number of nitrogens with one attached hydrogen (secondary N) is 2. The highest BCUT2D eigenvalue weighted by molar-refractivity contribution is 6.32. The normalized spacial score (nSPS) is 19.8. The first-order chi connectivity index (χ1) is 12.2. The first-order valence-corrected chi connectivity index (χ1v) is 8.42. The predicted molar refractivity (Wildman–Crippen MR) is 94.9 cm³/mol. The van der Waals surface area contributed by atoms with E-state index in [1.54, 1.807) is 0 Å². The van der Waals surface area contributed by atoms with Gasteiger partial charge in [-0.25, -0.2) is 4.98 Å². The van der Waals surface area contributed by atoms with Crippen LogP contribution in [0.2, 0.25) is 5.02 Å². The zero-order valence-corrected chi connectivity index (χ0v) is 14.0. The van der Waals surface area contributed by atoms with Gasteiger partial charge in [0.15, 0.2) is 0 Å². The maximum absolute atomic E-state index is 12.6. The fraction of sp³-hybridized carbons (Fsp3) is 0.294. The van der Waals surface area contributed by atoms with Crippen molar-refractivity contribution in [3.05, 3.63) is 45.8 Å². The minimum absolute atomic E-state index is 0.0557. The fourth-order valence-electron chi connectivity index (χ4n) is 3.17. The molecule has 7 nitrogen and oxygen atoms in total. The van der Waals surface area contributed by atoms with Gasteiger partial charge in [-0.2, -0.15) is 15.0 Å². The Labute approximate surface area is 148 Å². The second kappa shape index (κ2) is 6.22. The highest BCUT2D eigenvalue weighted by Crippen LogP contribution is 2.29. The Morgan fingerprint density at radius 2 is 2.20 bits per heavy atom. The summed E-state index contributed by atoms with van der Waals surface area (Å²) in [4.78, 5) is 20.0. The molecule has 0 aliphatic heterocycles. The second-order valence-electron chi connectivity index (χ2n) is 6.15. The van der Waals surface area contributed by atoms with Gasteiger partial charge in [-0.1, -0.05) is 23.7 Å². The van der Waals surface area contributed by atoms with Crippen LogP contribution in [0, 0.1) is 17.2 Å². The highest BCUT2D eigenvalue weighted by atomic mass is 35.5. The van der Waals surface area contributed by atoms with Crippen LogP contribution in [-0.4, -0.2) is 25.8 Å². The molecular weight excluding hydrogens is 340 g/mol. The van der Waals surface area contributed by atoms with E-state index in [-0.39, 0.29) is 17.0 Å². The van der Waals surface area contributed by atoms with E-state index in [0.29, 0.717) is 11.6 Å². The topological polar surface area (TPSA) is 99.4 Å². The summed E-state index contributed by atoms with van der Waals surface area (Å²) in [5.74, 6) is 0.380. The molecule has 0 spiro atoms. The first kappa shape index (κ1) is 15.7. The predicted octanol–water partition coefficient (Wildman–Crippen LogP) is 2.87. The lowest BCUT2D eigenvalue weighted by molar-refractivity contribution is 0.682. The summed E-state index contributed by atoms with van der Waals surface area (Å²) >= 11 is 6.25. The zero-order chi connectivity index (χ0) is 17.4. The van der Waals surface area contributed by atoms with Crippen molar-refractivity contribution in [1.82, 2.24) is 19.7 Å². The van der Waals surface area contributed by atoms with Crippen molar-refractivity contribution in [2.45, 2.75) is 25.3 Å².